The molecule has 0 radical (unpaired) electrons. The second kappa shape index (κ2) is 5.53. The van der Waals surface area contributed by atoms with Crippen molar-refractivity contribution in [2.24, 2.45) is 0 Å². The van der Waals surface area contributed by atoms with Crippen molar-refractivity contribution in [3.8, 4) is 0 Å². The van der Waals surface area contributed by atoms with Gasteiger partial charge in [-0.3, -0.25) is 4.79 Å². The van der Waals surface area contributed by atoms with Crippen LogP contribution in [0.15, 0.2) is 18.2 Å². The molecule has 17 heavy (non-hydrogen) atoms. The number of carbonyl (C=O) groups excluding carboxylic acids is 1. The molecule has 1 aromatic rings. The van der Waals surface area contributed by atoms with Gasteiger partial charge in [0.05, 0.1) is 5.56 Å². The third-order valence-corrected chi connectivity index (χ3v) is 2.74. The zero-order valence-electron chi connectivity index (χ0n) is 8.97. The molecule has 0 N–H and O–H groups in total. The summed E-state index contributed by atoms with van der Waals surface area (Å²) >= 11 is 1.44. The van der Waals surface area contributed by atoms with Crippen molar-refractivity contribution < 1.29 is 22.4 Å². The van der Waals surface area contributed by atoms with Gasteiger partial charge in [0.1, 0.15) is 5.82 Å². The first-order valence-corrected chi connectivity index (χ1v) is 6.14. The van der Waals surface area contributed by atoms with Crippen LogP contribution in [0.4, 0.5) is 17.6 Å². The Morgan fingerprint density at radius 3 is 2.47 bits per heavy atom. The Labute approximate surface area is 100 Å². The van der Waals surface area contributed by atoms with Crippen molar-refractivity contribution in [3.63, 3.8) is 0 Å². The first-order chi connectivity index (χ1) is 7.86. The van der Waals surface area contributed by atoms with Crippen molar-refractivity contribution >= 4 is 17.5 Å². The molecule has 1 nitrogen and oxygen atoms in total. The molecule has 0 bridgehead atoms. The summed E-state index contributed by atoms with van der Waals surface area (Å²) in [5, 5.41) is 0. The van der Waals surface area contributed by atoms with E-state index < -0.39 is 17.6 Å². The summed E-state index contributed by atoms with van der Waals surface area (Å²) in [5.41, 5.74) is -1.37. The van der Waals surface area contributed by atoms with Gasteiger partial charge in [0.15, 0.2) is 5.78 Å². The summed E-state index contributed by atoms with van der Waals surface area (Å²) in [4.78, 5) is 11.5. The van der Waals surface area contributed by atoms with Gasteiger partial charge in [0.2, 0.25) is 0 Å². The predicted molar refractivity (Wildman–Crippen MR) is 58.7 cm³/mol. The van der Waals surface area contributed by atoms with Gasteiger partial charge in [-0.2, -0.15) is 24.9 Å². The summed E-state index contributed by atoms with van der Waals surface area (Å²) < 4.78 is 49.9. The fourth-order valence-corrected chi connectivity index (χ4v) is 1.65. The third kappa shape index (κ3) is 3.73. The topological polar surface area (TPSA) is 17.1 Å². The molecule has 0 saturated heterocycles. The second-order valence-corrected chi connectivity index (χ2v) is 4.34. The van der Waals surface area contributed by atoms with Gasteiger partial charge in [-0.05, 0) is 18.4 Å². The van der Waals surface area contributed by atoms with Crippen LogP contribution in [0, 0.1) is 5.82 Å². The molecule has 0 aliphatic heterocycles. The minimum Gasteiger partial charge on any atom is -0.294 e. The summed E-state index contributed by atoms with van der Waals surface area (Å²) in [6, 6.07) is 2.25. The van der Waals surface area contributed by atoms with E-state index in [0.29, 0.717) is 17.9 Å². The Balaban J connectivity index is 2.93. The SMILES string of the molecule is CSCCC(=O)c1ccc(C(F)(F)F)c(F)c1. The Hall–Kier alpha value is -1.04. The maximum atomic E-state index is 13.2. The maximum absolute atomic E-state index is 13.2. The van der Waals surface area contributed by atoms with Crippen molar-refractivity contribution in [2.45, 2.75) is 12.6 Å². The van der Waals surface area contributed by atoms with Gasteiger partial charge < -0.3 is 0 Å². The van der Waals surface area contributed by atoms with Crippen LogP contribution in [0.3, 0.4) is 0 Å². The number of hydrogen-bond donors (Lipinski definition) is 0. The molecular weight excluding hydrogens is 256 g/mol. The quantitative estimate of drug-likeness (QED) is 0.609. The maximum Gasteiger partial charge on any atom is 0.419 e. The zero-order valence-corrected chi connectivity index (χ0v) is 9.79. The Bertz CT molecular complexity index is 414. The van der Waals surface area contributed by atoms with E-state index in [4.69, 9.17) is 0 Å². The van der Waals surface area contributed by atoms with Crippen molar-refractivity contribution in [1.82, 2.24) is 0 Å². The lowest BCUT2D eigenvalue weighted by Gasteiger charge is -2.08. The van der Waals surface area contributed by atoms with Gasteiger partial charge in [0, 0.05) is 17.7 Å². The van der Waals surface area contributed by atoms with E-state index in [0.717, 1.165) is 6.07 Å². The van der Waals surface area contributed by atoms with E-state index in [-0.39, 0.29) is 17.8 Å². The summed E-state index contributed by atoms with van der Waals surface area (Å²) in [6.45, 7) is 0. The molecule has 1 rings (SSSR count). The van der Waals surface area contributed by atoms with E-state index in [1.165, 1.54) is 11.8 Å². The summed E-state index contributed by atoms with van der Waals surface area (Å²) in [5.74, 6) is -1.21. The number of thioether (sulfide) groups is 1. The van der Waals surface area contributed by atoms with Gasteiger partial charge in [-0.25, -0.2) is 4.39 Å². The van der Waals surface area contributed by atoms with Crippen LogP contribution in [0.1, 0.15) is 22.3 Å². The standard InChI is InChI=1S/C11H10F4OS/c1-17-5-4-10(16)7-2-3-8(9(12)6-7)11(13,14)15/h2-3,6H,4-5H2,1H3. The van der Waals surface area contributed by atoms with E-state index in [9.17, 15) is 22.4 Å². The first kappa shape index (κ1) is 14.0. The Morgan fingerprint density at radius 2 is 2.00 bits per heavy atom. The third-order valence-electron chi connectivity index (χ3n) is 2.13. The first-order valence-electron chi connectivity index (χ1n) is 4.75. The van der Waals surface area contributed by atoms with Gasteiger partial charge in [-0.1, -0.05) is 6.07 Å². The van der Waals surface area contributed by atoms with Crippen LogP contribution in [-0.2, 0) is 6.18 Å². The number of Topliss-reactive ketones (excluding diaryl/α,β-unsaturated/α-hetero) is 1. The molecule has 6 heteroatoms. The fourth-order valence-electron chi connectivity index (χ4n) is 1.26. The lowest BCUT2D eigenvalue weighted by atomic mass is 10.1. The number of ketones is 1. The van der Waals surface area contributed by atoms with E-state index in [1.807, 2.05) is 0 Å². The van der Waals surface area contributed by atoms with Crippen LogP contribution in [-0.4, -0.2) is 17.8 Å². The Morgan fingerprint density at radius 1 is 1.35 bits per heavy atom. The van der Waals surface area contributed by atoms with Crippen LogP contribution >= 0.6 is 11.8 Å². The molecule has 0 heterocycles. The van der Waals surface area contributed by atoms with E-state index >= 15 is 0 Å². The number of hydrogen-bond acceptors (Lipinski definition) is 2. The van der Waals surface area contributed by atoms with Crippen molar-refractivity contribution in [2.75, 3.05) is 12.0 Å². The van der Waals surface area contributed by atoms with Gasteiger partial charge in [0.25, 0.3) is 0 Å². The van der Waals surface area contributed by atoms with Crippen LogP contribution in [0.5, 0.6) is 0 Å². The van der Waals surface area contributed by atoms with Gasteiger partial charge in [-0.15, -0.1) is 0 Å². The summed E-state index contributed by atoms with van der Waals surface area (Å²) in [7, 11) is 0. The molecule has 0 unspecified atom stereocenters. The largest absolute Gasteiger partial charge is 0.419 e. The van der Waals surface area contributed by atoms with Crippen LogP contribution < -0.4 is 0 Å². The molecular formula is C11H10F4OS. The molecule has 0 fully saturated rings. The minimum atomic E-state index is -4.73. The average Bonchev–Trinajstić information content (AvgIpc) is 2.23. The van der Waals surface area contributed by atoms with E-state index in [2.05, 4.69) is 0 Å². The van der Waals surface area contributed by atoms with Crippen LogP contribution in [0.2, 0.25) is 0 Å². The smallest absolute Gasteiger partial charge is 0.294 e. The number of alkyl halides is 3. The lowest BCUT2D eigenvalue weighted by Crippen LogP contribution is -2.10. The highest BCUT2D eigenvalue weighted by Crippen LogP contribution is 2.31. The highest BCUT2D eigenvalue weighted by Gasteiger charge is 2.34. The number of halogens is 4. The molecule has 0 spiro atoms. The predicted octanol–water partition coefficient (Wildman–Crippen LogP) is 3.78. The Kier molecular flexibility index (Phi) is 4.56. The molecule has 0 atom stereocenters. The second-order valence-electron chi connectivity index (χ2n) is 3.36. The molecule has 0 amide bonds. The zero-order chi connectivity index (χ0) is 13.1. The molecule has 0 aromatic heterocycles. The number of rotatable bonds is 4. The van der Waals surface area contributed by atoms with Crippen LogP contribution in [0.25, 0.3) is 0 Å². The molecule has 0 saturated carbocycles. The lowest BCUT2D eigenvalue weighted by molar-refractivity contribution is -0.140. The van der Waals surface area contributed by atoms with Gasteiger partial charge >= 0.3 is 6.18 Å². The molecule has 94 valence electrons. The van der Waals surface area contributed by atoms with Crippen molar-refractivity contribution in [3.05, 3.63) is 35.1 Å². The monoisotopic (exact) mass is 266 g/mol. The average molecular weight is 266 g/mol. The number of benzene rings is 1. The molecule has 1 aromatic carbocycles. The van der Waals surface area contributed by atoms with E-state index in [1.54, 1.807) is 6.26 Å². The normalized spacial score (nSPS) is 11.6. The highest BCUT2D eigenvalue weighted by atomic mass is 32.2. The molecule has 0 aliphatic rings. The molecule has 0 aliphatic carbocycles. The number of carbonyl (C=O) groups is 1. The summed E-state index contributed by atoms with van der Waals surface area (Å²) in [6.07, 6.45) is -2.74. The highest BCUT2D eigenvalue weighted by molar-refractivity contribution is 7.98. The fraction of sp³-hybridized carbons (Fsp3) is 0.364. The van der Waals surface area contributed by atoms with Crippen molar-refractivity contribution in [1.29, 1.82) is 0 Å². The minimum absolute atomic E-state index is 0.0236.